The molecule has 3 aromatic carbocycles. The standard InChI is InChI=1S/C23H17N3O4S/c1-29-18-10-16-17(11-19(18)30-2)26(12-24-16)23-25-20(21(31-23)22(27)28)15-9-5-7-13-6-3-4-8-14(13)15/h3-12H,1-2H3,(H,27,28). The van der Waals surface area contributed by atoms with Crippen molar-refractivity contribution < 1.29 is 19.4 Å². The normalized spacial score (nSPS) is 11.2. The molecule has 154 valence electrons. The number of hydrogen-bond acceptors (Lipinski definition) is 6. The van der Waals surface area contributed by atoms with Crippen molar-refractivity contribution in [2.45, 2.75) is 0 Å². The molecule has 7 nitrogen and oxygen atoms in total. The molecule has 0 unspecified atom stereocenters. The number of benzene rings is 3. The second kappa shape index (κ2) is 7.41. The van der Waals surface area contributed by atoms with Crippen molar-refractivity contribution in [3.8, 4) is 27.9 Å². The Morgan fingerprint density at radius 1 is 1.03 bits per heavy atom. The maximum absolute atomic E-state index is 12.1. The molecule has 2 heterocycles. The number of methoxy groups -OCH3 is 2. The molecule has 2 aromatic heterocycles. The Kier molecular flexibility index (Phi) is 4.56. The fraction of sp³-hybridized carbons (Fsp3) is 0.0870. The number of fused-ring (bicyclic) bond motifs is 2. The van der Waals surface area contributed by atoms with Gasteiger partial charge in [-0.1, -0.05) is 53.8 Å². The van der Waals surface area contributed by atoms with Gasteiger partial charge in [-0.25, -0.2) is 14.8 Å². The van der Waals surface area contributed by atoms with Gasteiger partial charge < -0.3 is 14.6 Å². The topological polar surface area (TPSA) is 86.5 Å². The van der Waals surface area contributed by atoms with Gasteiger partial charge in [-0.3, -0.25) is 4.57 Å². The molecule has 0 fully saturated rings. The van der Waals surface area contributed by atoms with Gasteiger partial charge in [0.15, 0.2) is 16.6 Å². The minimum atomic E-state index is -1.02. The minimum absolute atomic E-state index is 0.175. The molecule has 1 N–H and O–H groups in total. The Balaban J connectivity index is 1.73. The quantitative estimate of drug-likeness (QED) is 0.421. The summed E-state index contributed by atoms with van der Waals surface area (Å²) < 4.78 is 12.5. The number of hydrogen-bond donors (Lipinski definition) is 1. The molecule has 0 aliphatic carbocycles. The monoisotopic (exact) mass is 431 g/mol. The van der Waals surface area contributed by atoms with E-state index in [0.29, 0.717) is 27.8 Å². The summed E-state index contributed by atoms with van der Waals surface area (Å²) in [5.74, 6) is 0.110. The molecule has 0 radical (unpaired) electrons. The van der Waals surface area contributed by atoms with Crippen LogP contribution in [0.5, 0.6) is 11.5 Å². The number of carboxylic acids is 1. The van der Waals surface area contributed by atoms with Crippen LogP contribution in [0.1, 0.15) is 9.67 Å². The van der Waals surface area contributed by atoms with Gasteiger partial charge in [0.1, 0.15) is 11.2 Å². The molecule has 5 aromatic rings. The molecule has 0 amide bonds. The number of carboxylic acid groups (broad SMARTS) is 1. The molecule has 0 atom stereocenters. The molecule has 0 bridgehead atoms. The highest BCUT2D eigenvalue weighted by molar-refractivity contribution is 7.16. The van der Waals surface area contributed by atoms with Crippen LogP contribution in [0.3, 0.4) is 0 Å². The Morgan fingerprint density at radius 2 is 1.77 bits per heavy atom. The fourth-order valence-corrected chi connectivity index (χ4v) is 4.56. The summed E-state index contributed by atoms with van der Waals surface area (Å²) in [6, 6.07) is 17.2. The lowest BCUT2D eigenvalue weighted by atomic mass is 10.0. The van der Waals surface area contributed by atoms with Crippen molar-refractivity contribution in [3.05, 3.63) is 65.8 Å². The average Bonchev–Trinajstić information content (AvgIpc) is 3.41. The first-order valence-corrected chi connectivity index (χ1v) is 10.2. The third-order valence-electron chi connectivity index (χ3n) is 5.11. The molecule has 0 aliphatic heterocycles. The third-order valence-corrected chi connectivity index (χ3v) is 6.16. The summed E-state index contributed by atoms with van der Waals surface area (Å²) >= 11 is 1.11. The molecular weight excluding hydrogens is 414 g/mol. The van der Waals surface area contributed by atoms with E-state index in [9.17, 15) is 9.90 Å². The van der Waals surface area contributed by atoms with Gasteiger partial charge in [-0.2, -0.15) is 0 Å². The summed E-state index contributed by atoms with van der Waals surface area (Å²) in [7, 11) is 3.13. The zero-order chi connectivity index (χ0) is 21.5. The van der Waals surface area contributed by atoms with Crippen LogP contribution in [0, 0.1) is 0 Å². The van der Waals surface area contributed by atoms with E-state index in [2.05, 4.69) is 4.98 Å². The second-order valence-electron chi connectivity index (χ2n) is 6.82. The van der Waals surface area contributed by atoms with E-state index in [0.717, 1.165) is 33.2 Å². The highest BCUT2D eigenvalue weighted by Crippen LogP contribution is 2.37. The SMILES string of the molecule is COc1cc2ncn(-c3nc(-c4cccc5ccccc45)c(C(=O)O)s3)c2cc1OC. The van der Waals surface area contributed by atoms with E-state index in [1.165, 1.54) is 0 Å². The van der Waals surface area contributed by atoms with E-state index in [4.69, 9.17) is 14.5 Å². The highest BCUT2D eigenvalue weighted by atomic mass is 32.1. The molecule has 0 aliphatic rings. The van der Waals surface area contributed by atoms with Crippen molar-refractivity contribution in [1.29, 1.82) is 0 Å². The fourth-order valence-electron chi connectivity index (χ4n) is 3.66. The number of nitrogens with zero attached hydrogens (tertiary/aromatic N) is 3. The summed E-state index contributed by atoms with van der Waals surface area (Å²) in [4.78, 5) is 21.4. The Hall–Kier alpha value is -3.91. The van der Waals surface area contributed by atoms with Crippen LogP contribution >= 0.6 is 11.3 Å². The molecule has 31 heavy (non-hydrogen) atoms. The number of rotatable bonds is 5. The van der Waals surface area contributed by atoms with Gasteiger partial charge in [-0.15, -0.1) is 0 Å². The van der Waals surface area contributed by atoms with Crippen LogP contribution in [0.4, 0.5) is 0 Å². The lowest BCUT2D eigenvalue weighted by molar-refractivity contribution is 0.0702. The zero-order valence-corrected chi connectivity index (χ0v) is 17.5. The summed E-state index contributed by atoms with van der Waals surface area (Å²) in [6.07, 6.45) is 1.63. The van der Waals surface area contributed by atoms with Crippen LogP contribution in [0.25, 0.3) is 38.2 Å². The molecule has 0 spiro atoms. The lowest BCUT2D eigenvalue weighted by Gasteiger charge is -2.08. The molecule has 0 saturated heterocycles. The smallest absolute Gasteiger partial charge is 0.348 e. The minimum Gasteiger partial charge on any atom is -0.493 e. The van der Waals surface area contributed by atoms with Crippen molar-refractivity contribution in [2.24, 2.45) is 0 Å². The van der Waals surface area contributed by atoms with E-state index in [1.54, 1.807) is 37.2 Å². The van der Waals surface area contributed by atoms with Gasteiger partial charge in [-0.05, 0) is 10.8 Å². The zero-order valence-electron chi connectivity index (χ0n) is 16.7. The van der Waals surface area contributed by atoms with Crippen LogP contribution < -0.4 is 9.47 Å². The summed E-state index contributed by atoms with van der Waals surface area (Å²) in [5.41, 5.74) is 2.65. The number of carbonyl (C=O) groups is 1. The first-order valence-electron chi connectivity index (χ1n) is 9.42. The maximum Gasteiger partial charge on any atom is 0.348 e. The Labute approximate surface area is 181 Å². The van der Waals surface area contributed by atoms with E-state index in [-0.39, 0.29) is 4.88 Å². The average molecular weight is 431 g/mol. The summed E-state index contributed by atoms with van der Waals surface area (Å²) in [6.45, 7) is 0. The molecule has 5 rings (SSSR count). The first-order chi connectivity index (χ1) is 15.1. The first kappa shape index (κ1) is 19.1. The third kappa shape index (κ3) is 3.08. The number of aromatic nitrogens is 3. The Morgan fingerprint density at radius 3 is 2.55 bits per heavy atom. The van der Waals surface area contributed by atoms with E-state index in [1.807, 2.05) is 42.5 Å². The van der Waals surface area contributed by atoms with Crippen LogP contribution in [-0.4, -0.2) is 39.8 Å². The van der Waals surface area contributed by atoms with Gasteiger partial charge in [0.05, 0.1) is 30.9 Å². The van der Waals surface area contributed by atoms with Gasteiger partial charge in [0.25, 0.3) is 0 Å². The lowest BCUT2D eigenvalue weighted by Crippen LogP contribution is -1.96. The van der Waals surface area contributed by atoms with E-state index < -0.39 is 5.97 Å². The number of thiazole rings is 1. The summed E-state index contributed by atoms with van der Waals surface area (Å²) in [5, 5.41) is 12.4. The van der Waals surface area contributed by atoms with Crippen LogP contribution in [-0.2, 0) is 0 Å². The molecule has 0 saturated carbocycles. The van der Waals surface area contributed by atoms with E-state index >= 15 is 0 Å². The van der Waals surface area contributed by atoms with Crippen molar-refractivity contribution in [2.75, 3.05) is 14.2 Å². The predicted octanol–water partition coefficient (Wildman–Crippen LogP) is 5.02. The molecule has 8 heteroatoms. The van der Waals surface area contributed by atoms with Crippen molar-refractivity contribution in [3.63, 3.8) is 0 Å². The van der Waals surface area contributed by atoms with Gasteiger partial charge in [0, 0.05) is 17.7 Å². The maximum atomic E-state index is 12.1. The molecular formula is C23H17N3O4S. The van der Waals surface area contributed by atoms with Crippen LogP contribution in [0.15, 0.2) is 60.9 Å². The van der Waals surface area contributed by atoms with Gasteiger partial charge in [0.2, 0.25) is 0 Å². The Bertz CT molecular complexity index is 1450. The second-order valence-corrected chi connectivity index (χ2v) is 7.79. The predicted molar refractivity (Wildman–Crippen MR) is 120 cm³/mol. The number of ether oxygens (including phenoxy) is 2. The largest absolute Gasteiger partial charge is 0.493 e. The highest BCUT2D eigenvalue weighted by Gasteiger charge is 2.22. The number of imidazole rings is 1. The van der Waals surface area contributed by atoms with Gasteiger partial charge >= 0.3 is 5.97 Å². The number of aromatic carboxylic acids is 1. The van der Waals surface area contributed by atoms with Crippen molar-refractivity contribution in [1.82, 2.24) is 14.5 Å². The van der Waals surface area contributed by atoms with Crippen LogP contribution in [0.2, 0.25) is 0 Å². The van der Waals surface area contributed by atoms with Crippen molar-refractivity contribution >= 4 is 39.1 Å².